The molecular weight excluding hydrogens is 380 g/mol. The van der Waals surface area contributed by atoms with E-state index < -0.39 is 6.29 Å². The lowest BCUT2D eigenvalue weighted by molar-refractivity contribution is -0.286. The van der Waals surface area contributed by atoms with Gasteiger partial charge in [-0.3, -0.25) is 4.79 Å². The number of nitrogens with zero attached hydrogens (tertiary/aromatic N) is 4. The third kappa shape index (κ3) is 3.63. The first-order valence-corrected chi connectivity index (χ1v) is 8.81. The number of carbonyl (C=O) groups excluding carboxylic acids is 1. The molecule has 0 atom stereocenters. The molecule has 1 aliphatic heterocycles. The fourth-order valence-corrected chi connectivity index (χ4v) is 3.18. The number of benzene rings is 1. The fourth-order valence-electron chi connectivity index (χ4n) is 2.56. The Morgan fingerprint density at radius 2 is 2.00 bits per heavy atom. The minimum absolute atomic E-state index is 0.0412. The molecule has 0 spiro atoms. The maximum Gasteiger partial charge on any atom is 0.586 e. The number of hydrogen-bond acceptors (Lipinski definition) is 7. The number of carbonyl (C=O) groups is 1. The van der Waals surface area contributed by atoms with Crippen LogP contribution in [0.5, 0.6) is 11.5 Å². The van der Waals surface area contributed by atoms with Crippen molar-refractivity contribution in [3.63, 3.8) is 0 Å². The lowest BCUT2D eigenvalue weighted by Crippen LogP contribution is -2.25. The van der Waals surface area contributed by atoms with E-state index in [2.05, 4.69) is 29.9 Å². The van der Waals surface area contributed by atoms with Crippen LogP contribution in [-0.4, -0.2) is 37.5 Å². The van der Waals surface area contributed by atoms with E-state index in [0.29, 0.717) is 16.6 Å². The van der Waals surface area contributed by atoms with Gasteiger partial charge in [-0.2, -0.15) is 4.98 Å². The van der Waals surface area contributed by atoms with Gasteiger partial charge < -0.3 is 14.8 Å². The number of aryl methyl sites for hydroxylation is 2. The molecule has 1 aromatic carbocycles. The van der Waals surface area contributed by atoms with Crippen molar-refractivity contribution >= 4 is 29.1 Å². The van der Waals surface area contributed by atoms with E-state index >= 15 is 0 Å². The summed E-state index contributed by atoms with van der Waals surface area (Å²) in [5.74, 6) is -0.0549. The number of ether oxygens (including phenoxy) is 2. The standard InChI is InChI=1S/C16H13F2N5O3S/c1-8-5-9(2)23-14(19-8)21-15(22-23)27-7-13(24)20-10-3-4-11-12(6-10)26-16(17,18)25-11/h3-6H,7H2,1-2H3,(H,20,24). The highest BCUT2D eigenvalue weighted by atomic mass is 32.2. The summed E-state index contributed by atoms with van der Waals surface area (Å²) in [4.78, 5) is 20.7. The molecule has 3 aromatic rings. The number of anilines is 1. The van der Waals surface area contributed by atoms with Crippen LogP contribution in [0.25, 0.3) is 5.78 Å². The average molecular weight is 393 g/mol. The van der Waals surface area contributed by atoms with Gasteiger partial charge in [0.2, 0.25) is 11.1 Å². The number of thioether (sulfide) groups is 1. The van der Waals surface area contributed by atoms with E-state index in [0.717, 1.165) is 23.1 Å². The average Bonchev–Trinajstić information content (AvgIpc) is 3.11. The van der Waals surface area contributed by atoms with Crippen molar-refractivity contribution in [3.8, 4) is 11.5 Å². The first-order valence-electron chi connectivity index (χ1n) is 7.83. The zero-order valence-corrected chi connectivity index (χ0v) is 15.0. The van der Waals surface area contributed by atoms with Crippen LogP contribution >= 0.6 is 11.8 Å². The molecule has 8 nitrogen and oxygen atoms in total. The molecule has 11 heteroatoms. The van der Waals surface area contributed by atoms with E-state index in [1.165, 1.54) is 18.2 Å². The summed E-state index contributed by atoms with van der Waals surface area (Å²) in [6.07, 6.45) is -3.69. The number of hydrogen-bond donors (Lipinski definition) is 1. The van der Waals surface area contributed by atoms with Crippen molar-refractivity contribution in [2.75, 3.05) is 11.1 Å². The van der Waals surface area contributed by atoms with Gasteiger partial charge in [-0.15, -0.1) is 13.9 Å². The first-order chi connectivity index (χ1) is 12.8. The number of aromatic nitrogens is 4. The summed E-state index contributed by atoms with van der Waals surface area (Å²) in [6.45, 7) is 3.75. The van der Waals surface area contributed by atoms with Crippen molar-refractivity contribution < 1.29 is 23.0 Å². The molecule has 0 bridgehead atoms. The van der Waals surface area contributed by atoms with Gasteiger partial charge in [-0.05, 0) is 32.0 Å². The van der Waals surface area contributed by atoms with Gasteiger partial charge in [0.1, 0.15) is 0 Å². The second-order valence-electron chi connectivity index (χ2n) is 5.81. The number of nitrogens with one attached hydrogen (secondary N) is 1. The molecule has 0 radical (unpaired) electrons. The highest BCUT2D eigenvalue weighted by molar-refractivity contribution is 7.99. The minimum atomic E-state index is -3.69. The molecule has 0 saturated carbocycles. The first kappa shape index (κ1) is 17.5. The number of alkyl halides is 2. The van der Waals surface area contributed by atoms with Crippen LogP contribution in [0.1, 0.15) is 11.4 Å². The predicted octanol–water partition coefficient (Wildman–Crippen LogP) is 2.79. The Kier molecular flexibility index (Phi) is 4.10. The van der Waals surface area contributed by atoms with E-state index in [4.69, 9.17) is 0 Å². The van der Waals surface area contributed by atoms with Crippen molar-refractivity contribution in [1.82, 2.24) is 19.6 Å². The second kappa shape index (κ2) is 6.34. The quantitative estimate of drug-likeness (QED) is 0.682. The van der Waals surface area contributed by atoms with Crippen LogP contribution in [-0.2, 0) is 4.79 Å². The smallest absolute Gasteiger partial charge is 0.395 e. The Morgan fingerprint density at radius 3 is 2.81 bits per heavy atom. The lowest BCUT2D eigenvalue weighted by Gasteiger charge is -2.05. The van der Waals surface area contributed by atoms with Crippen molar-refractivity contribution in [1.29, 1.82) is 0 Å². The SMILES string of the molecule is Cc1cc(C)n2nc(SCC(=O)Nc3ccc4c(c3)OC(F)(F)O4)nc2n1. The summed E-state index contributed by atoms with van der Waals surface area (Å²) >= 11 is 1.14. The van der Waals surface area contributed by atoms with Gasteiger partial charge in [0.05, 0.1) is 5.75 Å². The number of rotatable bonds is 4. The molecule has 140 valence electrons. The summed E-state index contributed by atoms with van der Waals surface area (Å²) in [6, 6.07) is 5.91. The van der Waals surface area contributed by atoms with Gasteiger partial charge in [0, 0.05) is 23.1 Å². The summed E-state index contributed by atoms with van der Waals surface area (Å²) in [7, 11) is 0. The Bertz CT molecular complexity index is 1060. The molecular formula is C16H13F2N5O3S. The Morgan fingerprint density at radius 1 is 1.22 bits per heavy atom. The van der Waals surface area contributed by atoms with Crippen molar-refractivity contribution in [3.05, 3.63) is 35.7 Å². The molecule has 0 aliphatic carbocycles. The van der Waals surface area contributed by atoms with E-state index in [-0.39, 0.29) is 23.2 Å². The van der Waals surface area contributed by atoms with E-state index in [1.807, 2.05) is 19.9 Å². The molecule has 0 saturated heterocycles. The van der Waals surface area contributed by atoms with Gasteiger partial charge in [-0.1, -0.05) is 11.8 Å². The van der Waals surface area contributed by atoms with Crippen LogP contribution < -0.4 is 14.8 Å². The summed E-state index contributed by atoms with van der Waals surface area (Å²) in [5, 5.41) is 7.32. The second-order valence-corrected chi connectivity index (χ2v) is 6.75. The monoisotopic (exact) mass is 393 g/mol. The van der Waals surface area contributed by atoms with Crippen LogP contribution in [0.15, 0.2) is 29.4 Å². The maximum atomic E-state index is 13.0. The van der Waals surface area contributed by atoms with Gasteiger partial charge >= 0.3 is 6.29 Å². The highest BCUT2D eigenvalue weighted by Gasteiger charge is 2.43. The normalized spacial score (nSPS) is 14.5. The molecule has 1 amide bonds. The van der Waals surface area contributed by atoms with E-state index in [9.17, 15) is 13.6 Å². The van der Waals surface area contributed by atoms with Crippen LogP contribution in [0, 0.1) is 13.8 Å². The Labute approximate surface area is 155 Å². The van der Waals surface area contributed by atoms with Crippen LogP contribution in [0.3, 0.4) is 0 Å². The zero-order chi connectivity index (χ0) is 19.2. The van der Waals surface area contributed by atoms with Crippen LogP contribution in [0.2, 0.25) is 0 Å². The highest BCUT2D eigenvalue weighted by Crippen LogP contribution is 2.42. The fraction of sp³-hybridized carbons (Fsp3) is 0.250. The summed E-state index contributed by atoms with van der Waals surface area (Å²) in [5.41, 5.74) is 2.03. The molecule has 3 heterocycles. The molecule has 27 heavy (non-hydrogen) atoms. The number of fused-ring (bicyclic) bond motifs is 2. The van der Waals surface area contributed by atoms with Gasteiger partial charge in [-0.25, -0.2) is 9.50 Å². The maximum absolute atomic E-state index is 13.0. The number of halogens is 2. The van der Waals surface area contributed by atoms with Crippen molar-refractivity contribution in [2.45, 2.75) is 25.3 Å². The van der Waals surface area contributed by atoms with Gasteiger partial charge in [0.15, 0.2) is 11.5 Å². The van der Waals surface area contributed by atoms with E-state index in [1.54, 1.807) is 4.52 Å². The third-order valence-corrected chi connectivity index (χ3v) is 4.45. The zero-order valence-electron chi connectivity index (χ0n) is 14.2. The molecule has 4 rings (SSSR count). The largest absolute Gasteiger partial charge is 0.586 e. The third-order valence-electron chi connectivity index (χ3n) is 3.62. The molecule has 1 aliphatic rings. The lowest BCUT2D eigenvalue weighted by atomic mass is 10.3. The van der Waals surface area contributed by atoms with Gasteiger partial charge in [0.25, 0.3) is 5.78 Å². The molecule has 0 fully saturated rings. The minimum Gasteiger partial charge on any atom is -0.395 e. The molecule has 1 N–H and O–H groups in total. The summed E-state index contributed by atoms with van der Waals surface area (Å²) < 4.78 is 36.3. The molecule has 0 unspecified atom stereocenters. The Balaban J connectivity index is 1.40. The number of amides is 1. The Hall–Kier alpha value is -2.95. The molecule has 2 aromatic heterocycles. The topological polar surface area (TPSA) is 90.6 Å². The van der Waals surface area contributed by atoms with Crippen LogP contribution in [0.4, 0.5) is 14.5 Å². The van der Waals surface area contributed by atoms with Crippen molar-refractivity contribution in [2.24, 2.45) is 0 Å². The predicted molar refractivity (Wildman–Crippen MR) is 92.3 cm³/mol.